The van der Waals surface area contributed by atoms with Crippen LogP contribution in [0.1, 0.15) is 99.8 Å². The molecule has 0 radical (unpaired) electrons. The molecule has 1 aromatic rings. The summed E-state index contributed by atoms with van der Waals surface area (Å²) in [5.41, 5.74) is -0.825. The number of fused-ring (bicyclic) bond motifs is 4. The molecule has 5 saturated carbocycles. The molecule has 9 rings (SSSR count). The summed E-state index contributed by atoms with van der Waals surface area (Å²) in [6.07, 6.45) is 10.5. The number of hydrogen-bond acceptors (Lipinski definition) is 10. The second-order valence-corrected chi connectivity index (χ2v) is 19.9. The molecule has 8 fully saturated rings. The van der Waals surface area contributed by atoms with E-state index in [1.165, 1.54) is 25.7 Å². The van der Waals surface area contributed by atoms with Crippen molar-refractivity contribution in [3.05, 3.63) is 18.5 Å². The Morgan fingerprint density at radius 1 is 1.00 bits per heavy atom. The number of nitrogens with zero attached hydrogens (tertiary/aromatic N) is 3. The summed E-state index contributed by atoms with van der Waals surface area (Å²) in [7, 11) is 0. The molecular weight excluding hydrogens is 646 g/mol. The summed E-state index contributed by atoms with van der Waals surface area (Å²) in [5, 5.41) is 24.1. The molecule has 0 amide bonds. The van der Waals surface area contributed by atoms with E-state index in [1.54, 1.807) is 32.3 Å². The minimum Gasteiger partial charge on any atom is -0.454 e. The predicted molar refractivity (Wildman–Crippen MR) is 190 cm³/mol. The van der Waals surface area contributed by atoms with Gasteiger partial charge < -0.3 is 33.9 Å². The van der Waals surface area contributed by atoms with Crippen LogP contribution >= 0.6 is 0 Å². The van der Waals surface area contributed by atoms with Gasteiger partial charge in [-0.05, 0) is 117 Å². The van der Waals surface area contributed by atoms with Crippen molar-refractivity contribution in [2.75, 3.05) is 32.9 Å². The molecule has 10 nitrogen and oxygen atoms in total. The van der Waals surface area contributed by atoms with E-state index in [0.717, 1.165) is 58.6 Å². The lowest BCUT2D eigenvalue weighted by atomic mass is 9.41. The van der Waals surface area contributed by atoms with Gasteiger partial charge in [0.15, 0.2) is 12.4 Å². The largest absolute Gasteiger partial charge is 0.454 e. The zero-order valence-corrected chi connectivity index (χ0v) is 32.1. The van der Waals surface area contributed by atoms with E-state index in [9.17, 15) is 10.2 Å². The monoisotopic (exact) mass is 709 g/mol. The number of morpholine rings is 1. The van der Waals surface area contributed by atoms with Crippen molar-refractivity contribution in [3.8, 4) is 6.01 Å². The van der Waals surface area contributed by atoms with Crippen LogP contribution in [0.25, 0.3) is 0 Å². The third-order valence-electron chi connectivity index (χ3n) is 17.1. The van der Waals surface area contributed by atoms with Crippen molar-refractivity contribution in [1.29, 1.82) is 0 Å². The Kier molecular flexibility index (Phi) is 8.17. The topological polar surface area (TPSA) is 116 Å². The summed E-state index contributed by atoms with van der Waals surface area (Å²) < 4.78 is 31.9. The Bertz CT molecular complexity index is 1470. The Morgan fingerprint density at radius 2 is 1.73 bits per heavy atom. The van der Waals surface area contributed by atoms with Crippen LogP contribution in [0.4, 0.5) is 0 Å². The Morgan fingerprint density at radius 3 is 2.43 bits per heavy atom. The molecule has 3 aliphatic heterocycles. The SMILES string of the molecule is C[C@@H]1C[C@H]([C@H](Oc2ncccn2)C(C)(C)O)O[C@H]2C1[C@@]1(C)CC[C@@]34CC35CC[C@H](O[C@H]3CN(C6COC6)CCO3)C(C)(C)[C@@H]5CC[C@H]4[C@]1(C)[C@H]2O. The number of hydrogen-bond donors (Lipinski definition) is 2. The zero-order chi connectivity index (χ0) is 35.8. The summed E-state index contributed by atoms with van der Waals surface area (Å²) in [6.45, 7) is 20.0. The molecule has 2 unspecified atom stereocenters. The fourth-order valence-corrected chi connectivity index (χ4v) is 14.6. The minimum atomic E-state index is -1.19. The fraction of sp³-hybridized carbons (Fsp3) is 0.902. The van der Waals surface area contributed by atoms with Crippen LogP contribution in [0.3, 0.4) is 0 Å². The second-order valence-electron chi connectivity index (χ2n) is 19.9. The molecule has 8 aliphatic rings. The van der Waals surface area contributed by atoms with Crippen LogP contribution in [0.15, 0.2) is 18.5 Å². The normalized spacial score (nSPS) is 49.7. The predicted octanol–water partition coefficient (Wildman–Crippen LogP) is 5.25. The molecule has 2 N–H and O–H groups in total. The lowest BCUT2D eigenvalue weighted by Crippen LogP contribution is -2.60. The first-order chi connectivity index (χ1) is 24.2. The van der Waals surface area contributed by atoms with Gasteiger partial charge in [0.1, 0.15) is 0 Å². The Hall–Kier alpha value is -1.40. The lowest BCUT2D eigenvalue weighted by Gasteiger charge is -2.64. The van der Waals surface area contributed by atoms with Crippen molar-refractivity contribution < 1.29 is 33.9 Å². The van der Waals surface area contributed by atoms with Gasteiger partial charge in [-0.1, -0.05) is 34.6 Å². The van der Waals surface area contributed by atoms with Crippen molar-refractivity contribution in [2.45, 2.75) is 148 Å². The van der Waals surface area contributed by atoms with Crippen molar-refractivity contribution in [2.24, 2.45) is 50.7 Å². The maximum atomic E-state index is 12.7. The minimum absolute atomic E-state index is 0.0346. The third-order valence-corrected chi connectivity index (χ3v) is 17.1. The van der Waals surface area contributed by atoms with E-state index in [4.69, 9.17) is 23.7 Å². The quantitative estimate of drug-likeness (QED) is 0.389. The van der Waals surface area contributed by atoms with Crippen LogP contribution in [0.2, 0.25) is 0 Å². The molecular formula is C41H63N3O7. The van der Waals surface area contributed by atoms with Gasteiger partial charge in [-0.25, -0.2) is 9.97 Å². The number of rotatable bonds is 7. The van der Waals surface area contributed by atoms with Gasteiger partial charge in [0, 0.05) is 24.4 Å². The van der Waals surface area contributed by atoms with Crippen LogP contribution in [-0.2, 0) is 18.9 Å². The highest BCUT2D eigenvalue weighted by Gasteiger charge is 2.84. The maximum absolute atomic E-state index is 12.7. The molecule has 10 heteroatoms. The maximum Gasteiger partial charge on any atom is 0.316 e. The van der Waals surface area contributed by atoms with Crippen molar-refractivity contribution in [1.82, 2.24) is 14.9 Å². The number of aliphatic hydroxyl groups is 2. The van der Waals surface area contributed by atoms with Crippen molar-refractivity contribution >= 4 is 0 Å². The lowest BCUT2D eigenvalue weighted by molar-refractivity contribution is -0.256. The van der Waals surface area contributed by atoms with E-state index >= 15 is 0 Å². The molecule has 3 saturated heterocycles. The van der Waals surface area contributed by atoms with Crippen molar-refractivity contribution in [3.63, 3.8) is 0 Å². The van der Waals surface area contributed by atoms with Crippen LogP contribution < -0.4 is 4.74 Å². The van der Waals surface area contributed by atoms with Crippen LogP contribution in [-0.4, -0.2) is 106 Å². The summed E-state index contributed by atoms with van der Waals surface area (Å²) in [4.78, 5) is 11.1. The average molecular weight is 710 g/mol. The van der Waals surface area contributed by atoms with Gasteiger partial charge in [0.25, 0.3) is 0 Å². The Balaban J connectivity index is 0.951. The molecule has 1 aromatic heterocycles. The molecule has 5 aliphatic carbocycles. The second kappa shape index (κ2) is 11.8. The first kappa shape index (κ1) is 35.3. The van der Waals surface area contributed by atoms with Crippen LogP contribution in [0, 0.1) is 50.7 Å². The van der Waals surface area contributed by atoms with Gasteiger partial charge in [-0.15, -0.1) is 0 Å². The van der Waals surface area contributed by atoms with Crippen LogP contribution in [0.5, 0.6) is 6.01 Å². The highest BCUT2D eigenvalue weighted by Crippen LogP contribution is 2.89. The van der Waals surface area contributed by atoms with Gasteiger partial charge in [0.05, 0.1) is 62.4 Å². The third kappa shape index (κ3) is 4.91. The summed E-state index contributed by atoms with van der Waals surface area (Å²) >= 11 is 0. The van der Waals surface area contributed by atoms with Gasteiger partial charge in [-0.3, -0.25) is 4.90 Å². The van der Waals surface area contributed by atoms with E-state index < -0.39 is 17.8 Å². The first-order valence-corrected chi connectivity index (χ1v) is 20.2. The molecule has 4 heterocycles. The van der Waals surface area contributed by atoms with Gasteiger partial charge in [0.2, 0.25) is 0 Å². The fourth-order valence-electron chi connectivity index (χ4n) is 14.6. The smallest absolute Gasteiger partial charge is 0.316 e. The standard InChI is InChI=1S/C41H63N3O7/c1-24-19-26(34(37(4,5)46)51-35-42-15-8-16-43-35)49-32-31(24)38(6)13-14-41-23-40(41)12-11-29(50-30-20-44(17-18-48-30)25-21-47-22-25)36(2,3)27(40)9-10-28(41)39(38,7)33(32)45/h8,15-16,24-34,45-46H,9-14,17-23H2,1-7H3/t24-,26-,27+,28+,29+,30+,31?,32+,33+,34+,38-,39-,40?,41+/m1/s1. The van der Waals surface area contributed by atoms with E-state index in [-0.39, 0.29) is 58.2 Å². The Labute approximate surface area is 304 Å². The summed E-state index contributed by atoms with van der Waals surface area (Å²) in [6, 6.07) is 2.50. The van der Waals surface area contributed by atoms with Gasteiger partial charge >= 0.3 is 6.01 Å². The van der Waals surface area contributed by atoms with E-state index in [1.807, 2.05) is 0 Å². The molecule has 51 heavy (non-hydrogen) atoms. The summed E-state index contributed by atoms with van der Waals surface area (Å²) in [5.74, 6) is 1.62. The zero-order valence-electron chi connectivity index (χ0n) is 32.1. The molecule has 14 atom stereocenters. The molecule has 2 spiro atoms. The van der Waals surface area contributed by atoms with Gasteiger partial charge in [-0.2, -0.15) is 0 Å². The highest BCUT2D eigenvalue weighted by atomic mass is 16.7. The average Bonchev–Trinajstić information content (AvgIpc) is 3.69. The van der Waals surface area contributed by atoms with E-state index in [2.05, 4.69) is 49.5 Å². The van der Waals surface area contributed by atoms with E-state index in [0.29, 0.717) is 29.2 Å². The molecule has 0 bridgehead atoms. The highest BCUT2D eigenvalue weighted by molar-refractivity contribution is 5.33. The molecule has 0 aromatic carbocycles. The number of aliphatic hydroxyl groups excluding tert-OH is 1. The number of aromatic nitrogens is 2. The number of ether oxygens (including phenoxy) is 5. The molecule has 284 valence electrons. The first-order valence-electron chi connectivity index (χ1n) is 20.2.